The van der Waals surface area contributed by atoms with Gasteiger partial charge in [-0.3, -0.25) is 4.79 Å². The molecular formula is C31H39N9O3. The number of urea groups is 1. The summed E-state index contributed by atoms with van der Waals surface area (Å²) in [6.45, 7) is 7.87. The minimum atomic E-state index is -0.368. The topological polar surface area (TPSA) is 119 Å². The van der Waals surface area contributed by atoms with Crippen molar-refractivity contribution in [2.24, 2.45) is 0 Å². The van der Waals surface area contributed by atoms with Gasteiger partial charge in [0.1, 0.15) is 0 Å². The molecule has 3 saturated heterocycles. The maximum absolute atomic E-state index is 12.8. The molecule has 0 bridgehead atoms. The van der Waals surface area contributed by atoms with Crippen LogP contribution in [0.2, 0.25) is 0 Å². The van der Waals surface area contributed by atoms with Gasteiger partial charge < -0.3 is 35.0 Å². The summed E-state index contributed by atoms with van der Waals surface area (Å²) in [5.74, 6) is 2.01. The predicted octanol–water partition coefficient (Wildman–Crippen LogP) is 3.40. The number of amides is 3. The van der Waals surface area contributed by atoms with Gasteiger partial charge in [0.05, 0.1) is 13.2 Å². The number of aromatic nitrogens is 3. The molecule has 0 unspecified atom stereocenters. The summed E-state index contributed by atoms with van der Waals surface area (Å²) >= 11 is 0. The third-order valence-corrected chi connectivity index (χ3v) is 8.13. The number of likely N-dealkylation sites (N-methyl/N-ethyl adjacent to an activating group) is 1. The highest BCUT2D eigenvalue weighted by atomic mass is 16.5. The first-order valence-corrected chi connectivity index (χ1v) is 15.1. The number of carbonyl (C=O) groups is 2. The molecule has 3 aromatic rings. The smallest absolute Gasteiger partial charge is 0.323 e. The molecule has 4 heterocycles. The molecule has 226 valence electrons. The van der Waals surface area contributed by atoms with Crippen molar-refractivity contribution in [2.45, 2.75) is 19.3 Å². The lowest BCUT2D eigenvalue weighted by molar-refractivity contribution is 0.0664. The Kier molecular flexibility index (Phi) is 8.94. The number of nitrogens with zero attached hydrogens (tertiary/aromatic N) is 7. The van der Waals surface area contributed by atoms with Crippen LogP contribution in [-0.4, -0.2) is 109 Å². The van der Waals surface area contributed by atoms with Gasteiger partial charge in [-0.2, -0.15) is 15.0 Å². The molecule has 2 N–H and O–H groups in total. The number of hydrogen-bond donors (Lipinski definition) is 2. The first-order chi connectivity index (χ1) is 21.0. The van der Waals surface area contributed by atoms with E-state index in [2.05, 4.69) is 32.4 Å². The zero-order chi connectivity index (χ0) is 29.6. The van der Waals surface area contributed by atoms with Crippen LogP contribution in [-0.2, 0) is 4.74 Å². The molecular weight excluding hydrogens is 546 g/mol. The summed E-state index contributed by atoms with van der Waals surface area (Å²) in [7, 11) is 2.06. The molecule has 43 heavy (non-hydrogen) atoms. The van der Waals surface area contributed by atoms with E-state index in [1.807, 2.05) is 29.2 Å². The summed E-state index contributed by atoms with van der Waals surface area (Å²) in [6, 6.07) is 14.1. The zero-order valence-electron chi connectivity index (χ0n) is 24.7. The van der Waals surface area contributed by atoms with E-state index in [1.165, 1.54) is 6.42 Å². The molecule has 0 radical (unpaired) electrons. The van der Waals surface area contributed by atoms with Crippen LogP contribution < -0.4 is 20.4 Å². The molecule has 2 aromatic carbocycles. The standard InChI is InChI=1S/C31H39N9O3/c1-37-15-17-38(18-16-37)28(41)24-7-11-26(12-8-24)33-31(42)32-25-9-5-23(6-10-25)27-34-29(39-13-3-2-4-14-39)36-30(35-27)40-19-21-43-22-20-40/h5-12H,2-4,13-22H2,1H3,(H2,32,33,42). The molecule has 3 amide bonds. The van der Waals surface area contributed by atoms with Crippen molar-refractivity contribution in [2.75, 3.05) is 93.1 Å². The molecule has 0 aliphatic carbocycles. The Morgan fingerprint density at radius 2 is 1.23 bits per heavy atom. The van der Waals surface area contributed by atoms with Crippen molar-refractivity contribution in [3.63, 3.8) is 0 Å². The van der Waals surface area contributed by atoms with E-state index in [9.17, 15) is 9.59 Å². The summed E-state index contributed by atoms with van der Waals surface area (Å²) in [6.07, 6.45) is 3.50. The van der Waals surface area contributed by atoms with Crippen molar-refractivity contribution in [1.29, 1.82) is 0 Å². The highest BCUT2D eigenvalue weighted by molar-refractivity contribution is 6.00. The lowest BCUT2D eigenvalue weighted by atomic mass is 10.1. The second-order valence-corrected chi connectivity index (χ2v) is 11.2. The van der Waals surface area contributed by atoms with Crippen LogP contribution in [0.25, 0.3) is 11.4 Å². The van der Waals surface area contributed by atoms with E-state index in [0.29, 0.717) is 47.9 Å². The Bertz CT molecular complexity index is 1360. The molecule has 12 heteroatoms. The first kappa shape index (κ1) is 28.8. The van der Waals surface area contributed by atoms with Crippen molar-refractivity contribution < 1.29 is 14.3 Å². The van der Waals surface area contributed by atoms with Gasteiger partial charge in [-0.15, -0.1) is 0 Å². The normalized spacial score (nSPS) is 17.9. The monoisotopic (exact) mass is 585 g/mol. The molecule has 1 aromatic heterocycles. The molecule has 12 nitrogen and oxygen atoms in total. The Morgan fingerprint density at radius 3 is 1.84 bits per heavy atom. The van der Waals surface area contributed by atoms with E-state index < -0.39 is 0 Å². The van der Waals surface area contributed by atoms with E-state index in [4.69, 9.17) is 19.7 Å². The Labute approximate surface area is 252 Å². The number of rotatable bonds is 6. The highest BCUT2D eigenvalue weighted by Crippen LogP contribution is 2.25. The van der Waals surface area contributed by atoms with Crippen LogP contribution in [0.15, 0.2) is 48.5 Å². The number of morpholine rings is 1. The average Bonchev–Trinajstić information content (AvgIpc) is 3.06. The third kappa shape index (κ3) is 7.20. The van der Waals surface area contributed by atoms with Crippen LogP contribution in [0.3, 0.4) is 0 Å². The maximum atomic E-state index is 12.8. The van der Waals surface area contributed by atoms with Gasteiger partial charge in [-0.1, -0.05) is 0 Å². The lowest BCUT2D eigenvalue weighted by Crippen LogP contribution is -2.47. The highest BCUT2D eigenvalue weighted by Gasteiger charge is 2.22. The van der Waals surface area contributed by atoms with Crippen molar-refractivity contribution in [3.8, 4) is 11.4 Å². The third-order valence-electron chi connectivity index (χ3n) is 8.13. The number of anilines is 4. The fourth-order valence-corrected chi connectivity index (χ4v) is 5.51. The van der Waals surface area contributed by atoms with Gasteiger partial charge in [-0.05, 0) is 74.8 Å². The second-order valence-electron chi connectivity index (χ2n) is 11.2. The average molecular weight is 586 g/mol. The van der Waals surface area contributed by atoms with Gasteiger partial charge in [0.25, 0.3) is 5.91 Å². The zero-order valence-corrected chi connectivity index (χ0v) is 24.7. The fourth-order valence-electron chi connectivity index (χ4n) is 5.51. The number of piperidine rings is 1. The van der Waals surface area contributed by atoms with Crippen LogP contribution in [0.5, 0.6) is 0 Å². The summed E-state index contributed by atoms with van der Waals surface area (Å²) in [4.78, 5) is 48.5. The van der Waals surface area contributed by atoms with Crippen molar-refractivity contribution in [1.82, 2.24) is 24.8 Å². The lowest BCUT2D eigenvalue weighted by Gasteiger charge is -2.32. The summed E-state index contributed by atoms with van der Waals surface area (Å²) in [5.41, 5.74) is 2.71. The summed E-state index contributed by atoms with van der Waals surface area (Å²) < 4.78 is 5.53. The molecule has 0 atom stereocenters. The molecule has 3 fully saturated rings. The first-order valence-electron chi connectivity index (χ1n) is 15.1. The van der Waals surface area contributed by atoms with Crippen molar-refractivity contribution >= 4 is 35.2 Å². The largest absolute Gasteiger partial charge is 0.378 e. The van der Waals surface area contributed by atoms with Gasteiger partial charge in [0.2, 0.25) is 11.9 Å². The van der Waals surface area contributed by atoms with Gasteiger partial charge in [-0.25, -0.2) is 4.79 Å². The van der Waals surface area contributed by atoms with Crippen LogP contribution in [0.1, 0.15) is 29.6 Å². The van der Waals surface area contributed by atoms with E-state index in [0.717, 1.165) is 70.8 Å². The number of ether oxygens (including phenoxy) is 1. The molecule has 6 rings (SSSR count). The van der Waals surface area contributed by atoms with Gasteiger partial charge >= 0.3 is 6.03 Å². The Balaban J connectivity index is 1.10. The Hall–Kier alpha value is -4.29. The maximum Gasteiger partial charge on any atom is 0.323 e. The van der Waals surface area contributed by atoms with Crippen LogP contribution >= 0.6 is 0 Å². The number of benzene rings is 2. The molecule has 3 aliphatic heterocycles. The second kappa shape index (κ2) is 13.3. The molecule has 0 spiro atoms. The number of hydrogen-bond acceptors (Lipinski definition) is 9. The van der Waals surface area contributed by atoms with Crippen molar-refractivity contribution in [3.05, 3.63) is 54.1 Å². The van der Waals surface area contributed by atoms with E-state index in [1.54, 1.807) is 24.3 Å². The van der Waals surface area contributed by atoms with Gasteiger partial charge in [0.15, 0.2) is 5.82 Å². The minimum absolute atomic E-state index is 0.0162. The number of carbonyl (C=O) groups excluding carboxylic acids is 2. The van der Waals surface area contributed by atoms with Crippen LogP contribution in [0.4, 0.5) is 28.1 Å². The fraction of sp³-hybridized carbons (Fsp3) is 0.452. The van der Waals surface area contributed by atoms with E-state index in [-0.39, 0.29) is 11.9 Å². The molecule has 0 saturated carbocycles. The van der Waals surface area contributed by atoms with Crippen LogP contribution in [0, 0.1) is 0 Å². The predicted molar refractivity (Wildman–Crippen MR) is 167 cm³/mol. The summed E-state index contributed by atoms with van der Waals surface area (Å²) in [5, 5.41) is 5.72. The number of nitrogens with one attached hydrogen (secondary N) is 2. The SMILES string of the molecule is CN1CCN(C(=O)c2ccc(NC(=O)Nc3ccc(-c4nc(N5CCCCC5)nc(N5CCOCC5)n4)cc3)cc2)CC1. The Morgan fingerprint density at radius 1 is 0.674 bits per heavy atom. The molecule has 3 aliphatic rings. The number of piperazine rings is 1. The quantitative estimate of drug-likeness (QED) is 0.449. The van der Waals surface area contributed by atoms with Gasteiger partial charge in [0, 0.05) is 74.9 Å². The van der Waals surface area contributed by atoms with E-state index >= 15 is 0 Å². The minimum Gasteiger partial charge on any atom is -0.378 e.